The number of piperazine rings is 1. The topological polar surface area (TPSA) is 33.1 Å². The number of rotatable bonds is 4. The van der Waals surface area contributed by atoms with E-state index in [2.05, 4.69) is 26.7 Å². The first-order valence-electron chi connectivity index (χ1n) is 5.82. The fraction of sp³-hybridized carbons (Fsp3) is 0.727. The first-order chi connectivity index (χ1) is 7.40. The van der Waals surface area contributed by atoms with Gasteiger partial charge in [0.1, 0.15) is 0 Å². The maximum atomic E-state index is 4.19. The normalized spacial score (nSPS) is 18.2. The Hall–Kier alpha value is -0.870. The monoisotopic (exact) mass is 208 g/mol. The van der Waals surface area contributed by atoms with E-state index in [0.29, 0.717) is 0 Å². The van der Waals surface area contributed by atoms with Crippen molar-refractivity contribution in [3.63, 3.8) is 0 Å². The molecular weight excluding hydrogens is 188 g/mol. The lowest BCUT2D eigenvalue weighted by molar-refractivity contribution is 0.232. The summed E-state index contributed by atoms with van der Waals surface area (Å²) in [5, 5.41) is 3.37. The second-order valence-corrected chi connectivity index (χ2v) is 4.02. The first kappa shape index (κ1) is 10.6. The van der Waals surface area contributed by atoms with Crippen LogP contribution in [0.3, 0.4) is 0 Å². The minimum Gasteiger partial charge on any atom is -0.333 e. The molecule has 0 radical (unpaired) electrons. The Labute approximate surface area is 91.3 Å². The van der Waals surface area contributed by atoms with Gasteiger partial charge in [0, 0.05) is 51.2 Å². The second-order valence-electron chi connectivity index (χ2n) is 4.02. The Morgan fingerprint density at radius 3 is 2.87 bits per heavy atom. The van der Waals surface area contributed by atoms with Gasteiger partial charge in [0.25, 0.3) is 0 Å². The average molecular weight is 208 g/mol. The molecule has 15 heavy (non-hydrogen) atoms. The number of hydrogen-bond acceptors (Lipinski definition) is 3. The van der Waals surface area contributed by atoms with E-state index in [1.807, 2.05) is 12.5 Å². The maximum Gasteiger partial charge on any atom is 0.0948 e. The van der Waals surface area contributed by atoms with E-state index >= 15 is 0 Å². The average Bonchev–Trinajstić information content (AvgIpc) is 2.75. The van der Waals surface area contributed by atoms with Crippen LogP contribution in [0.15, 0.2) is 12.5 Å². The highest BCUT2D eigenvalue weighted by atomic mass is 15.2. The summed E-state index contributed by atoms with van der Waals surface area (Å²) >= 11 is 0. The zero-order valence-electron chi connectivity index (χ0n) is 9.45. The molecule has 0 aliphatic carbocycles. The van der Waals surface area contributed by atoms with Crippen LogP contribution in [0.4, 0.5) is 0 Å². The fourth-order valence-electron chi connectivity index (χ4n) is 2.03. The summed E-state index contributed by atoms with van der Waals surface area (Å²) in [6.07, 6.45) is 4.99. The van der Waals surface area contributed by atoms with Crippen molar-refractivity contribution in [2.75, 3.05) is 32.7 Å². The molecule has 1 fully saturated rings. The number of nitrogens with one attached hydrogen (secondary N) is 1. The minimum atomic E-state index is 1.07. The molecule has 1 N–H and O–H groups in total. The van der Waals surface area contributed by atoms with Crippen molar-refractivity contribution in [1.29, 1.82) is 0 Å². The number of nitrogens with zero attached hydrogens (tertiary/aromatic N) is 3. The van der Waals surface area contributed by atoms with Gasteiger partial charge in [-0.25, -0.2) is 4.98 Å². The smallest absolute Gasteiger partial charge is 0.0948 e. The zero-order valence-corrected chi connectivity index (χ0v) is 9.45. The second kappa shape index (κ2) is 5.28. The van der Waals surface area contributed by atoms with Crippen LogP contribution in [-0.4, -0.2) is 47.2 Å². The quantitative estimate of drug-likeness (QED) is 0.775. The van der Waals surface area contributed by atoms with E-state index in [-0.39, 0.29) is 0 Å². The van der Waals surface area contributed by atoms with Crippen LogP contribution < -0.4 is 5.32 Å². The van der Waals surface area contributed by atoms with E-state index < -0.39 is 0 Å². The van der Waals surface area contributed by atoms with Gasteiger partial charge in [0.2, 0.25) is 0 Å². The molecule has 0 saturated carbocycles. The molecule has 84 valence electrons. The largest absolute Gasteiger partial charge is 0.333 e. The number of aryl methyl sites for hydroxylation is 1. The Morgan fingerprint density at radius 1 is 1.33 bits per heavy atom. The van der Waals surface area contributed by atoms with Crippen LogP contribution in [0.5, 0.6) is 0 Å². The SMILES string of the molecule is CCc1cncn1CCN1CCNCC1. The van der Waals surface area contributed by atoms with Crippen LogP contribution in [0, 0.1) is 0 Å². The molecule has 1 saturated heterocycles. The van der Waals surface area contributed by atoms with Crippen molar-refractivity contribution in [3.05, 3.63) is 18.2 Å². The standard InChI is InChI=1S/C11H20N4/c1-2-11-9-13-10-15(11)8-7-14-5-3-12-4-6-14/h9-10,12H,2-8H2,1H3. The lowest BCUT2D eigenvalue weighted by atomic mass is 10.3. The van der Waals surface area contributed by atoms with Crippen molar-refractivity contribution in [2.45, 2.75) is 19.9 Å². The molecule has 1 aliphatic heterocycles. The molecule has 2 heterocycles. The fourth-order valence-corrected chi connectivity index (χ4v) is 2.03. The van der Waals surface area contributed by atoms with Crippen molar-refractivity contribution in [1.82, 2.24) is 19.8 Å². The third-order valence-electron chi connectivity index (χ3n) is 3.03. The highest BCUT2D eigenvalue weighted by Gasteiger charge is 2.09. The van der Waals surface area contributed by atoms with Gasteiger partial charge < -0.3 is 9.88 Å². The van der Waals surface area contributed by atoms with Crippen LogP contribution in [0.25, 0.3) is 0 Å². The lowest BCUT2D eigenvalue weighted by Gasteiger charge is -2.27. The van der Waals surface area contributed by atoms with Crippen LogP contribution >= 0.6 is 0 Å². The van der Waals surface area contributed by atoms with Gasteiger partial charge in [0.05, 0.1) is 6.33 Å². The third kappa shape index (κ3) is 2.79. The molecule has 4 heteroatoms. The highest BCUT2D eigenvalue weighted by Crippen LogP contribution is 2.01. The summed E-state index contributed by atoms with van der Waals surface area (Å²) < 4.78 is 2.27. The first-order valence-corrected chi connectivity index (χ1v) is 5.82. The van der Waals surface area contributed by atoms with E-state index in [1.165, 1.54) is 18.8 Å². The molecule has 4 nitrogen and oxygen atoms in total. The molecule has 0 unspecified atom stereocenters. The maximum absolute atomic E-state index is 4.19. The molecule has 1 aromatic heterocycles. The highest BCUT2D eigenvalue weighted by molar-refractivity contribution is 4.97. The van der Waals surface area contributed by atoms with Gasteiger partial charge in [-0.2, -0.15) is 0 Å². The Bertz CT molecular complexity index is 289. The van der Waals surface area contributed by atoms with Crippen molar-refractivity contribution < 1.29 is 0 Å². The summed E-state index contributed by atoms with van der Waals surface area (Å²) in [4.78, 5) is 6.70. The number of aromatic nitrogens is 2. The van der Waals surface area contributed by atoms with E-state index in [0.717, 1.165) is 32.6 Å². The molecule has 0 atom stereocenters. The van der Waals surface area contributed by atoms with Crippen LogP contribution in [0.2, 0.25) is 0 Å². The van der Waals surface area contributed by atoms with Crippen molar-refractivity contribution in [3.8, 4) is 0 Å². The zero-order chi connectivity index (χ0) is 10.5. The van der Waals surface area contributed by atoms with E-state index in [4.69, 9.17) is 0 Å². The summed E-state index contributed by atoms with van der Waals surface area (Å²) in [6, 6.07) is 0. The minimum absolute atomic E-state index is 1.07. The molecule has 1 aliphatic rings. The summed E-state index contributed by atoms with van der Waals surface area (Å²) in [6.45, 7) is 9.01. The Balaban J connectivity index is 1.81. The lowest BCUT2D eigenvalue weighted by Crippen LogP contribution is -2.44. The molecule has 1 aromatic rings. The Morgan fingerprint density at radius 2 is 2.13 bits per heavy atom. The predicted molar refractivity (Wildman–Crippen MR) is 60.9 cm³/mol. The van der Waals surface area contributed by atoms with Crippen LogP contribution in [0.1, 0.15) is 12.6 Å². The van der Waals surface area contributed by atoms with Crippen molar-refractivity contribution >= 4 is 0 Å². The van der Waals surface area contributed by atoms with Gasteiger partial charge in [-0.3, -0.25) is 4.90 Å². The van der Waals surface area contributed by atoms with E-state index in [9.17, 15) is 0 Å². The van der Waals surface area contributed by atoms with Gasteiger partial charge in [0.15, 0.2) is 0 Å². The Kier molecular flexibility index (Phi) is 3.75. The number of hydrogen-bond donors (Lipinski definition) is 1. The third-order valence-corrected chi connectivity index (χ3v) is 3.03. The predicted octanol–water partition coefficient (Wildman–Crippen LogP) is 0.351. The van der Waals surface area contributed by atoms with Gasteiger partial charge in [-0.05, 0) is 6.42 Å². The molecule has 0 aromatic carbocycles. The van der Waals surface area contributed by atoms with E-state index in [1.54, 1.807) is 0 Å². The van der Waals surface area contributed by atoms with Gasteiger partial charge >= 0.3 is 0 Å². The summed E-state index contributed by atoms with van der Waals surface area (Å²) in [5.41, 5.74) is 1.34. The molecule has 0 amide bonds. The summed E-state index contributed by atoms with van der Waals surface area (Å²) in [5.74, 6) is 0. The molecule has 0 spiro atoms. The molecular formula is C11H20N4. The molecule has 2 rings (SSSR count). The molecule has 0 bridgehead atoms. The van der Waals surface area contributed by atoms with Crippen molar-refractivity contribution in [2.24, 2.45) is 0 Å². The number of imidazole rings is 1. The van der Waals surface area contributed by atoms with Crippen LogP contribution in [-0.2, 0) is 13.0 Å². The van der Waals surface area contributed by atoms with Gasteiger partial charge in [-0.15, -0.1) is 0 Å². The van der Waals surface area contributed by atoms with Gasteiger partial charge in [-0.1, -0.05) is 6.92 Å². The summed E-state index contributed by atoms with van der Waals surface area (Å²) in [7, 11) is 0.